The molecule has 2 aromatic carbocycles. The largest absolute Gasteiger partial charge is 0.444 e. The van der Waals surface area contributed by atoms with Gasteiger partial charge in [-0.1, -0.05) is 41.9 Å². The fourth-order valence-electron chi connectivity index (χ4n) is 3.49. The van der Waals surface area contributed by atoms with Crippen LogP contribution in [-0.4, -0.2) is 11.9 Å². The van der Waals surface area contributed by atoms with Crippen LogP contribution in [0.3, 0.4) is 0 Å². The number of thiophene rings is 1. The van der Waals surface area contributed by atoms with Crippen LogP contribution < -0.4 is 5.32 Å². The molecule has 1 N–H and O–H groups in total. The molecule has 1 aliphatic carbocycles. The molecule has 4 rings (SSSR count). The Labute approximate surface area is 178 Å². The van der Waals surface area contributed by atoms with Crippen LogP contribution in [-0.2, 0) is 24.2 Å². The number of ketones is 1. The Hall–Kier alpha value is -2.63. The maximum atomic E-state index is 13.2. The summed E-state index contributed by atoms with van der Waals surface area (Å²) in [4.78, 5) is 26.8. The fourth-order valence-corrected chi connectivity index (χ4v) is 4.89. The molecule has 0 saturated carbocycles. The number of fused-ring (bicyclic) bond motifs is 1. The van der Waals surface area contributed by atoms with Gasteiger partial charge in [0.1, 0.15) is 11.6 Å². The second-order valence-electron chi connectivity index (χ2n) is 6.94. The van der Waals surface area contributed by atoms with Crippen molar-refractivity contribution in [3.63, 3.8) is 0 Å². The summed E-state index contributed by atoms with van der Waals surface area (Å²) < 4.78 is 5.35. The van der Waals surface area contributed by atoms with Crippen molar-refractivity contribution in [1.29, 1.82) is 0 Å². The Bertz CT molecular complexity index is 1030. The minimum absolute atomic E-state index is 0.0978. The predicted molar refractivity (Wildman–Crippen MR) is 116 cm³/mol. The number of hydrogen-bond acceptors (Lipinski definition) is 4. The number of amides is 1. The third-order valence-corrected chi connectivity index (χ3v) is 6.39. The molecule has 0 saturated heterocycles. The molecule has 1 amide bonds. The molecule has 0 aliphatic heterocycles. The first-order valence-corrected chi connectivity index (χ1v) is 10.7. The topological polar surface area (TPSA) is 55.4 Å². The molecule has 148 valence electrons. The van der Waals surface area contributed by atoms with Gasteiger partial charge in [-0.25, -0.2) is 4.79 Å². The lowest BCUT2D eigenvalue weighted by Gasteiger charge is -2.13. The summed E-state index contributed by atoms with van der Waals surface area (Å²) in [5, 5.41) is 3.96. The molecule has 0 radical (unpaired) electrons. The molecule has 4 nitrogen and oxygen atoms in total. The van der Waals surface area contributed by atoms with Crippen LogP contribution in [0.4, 0.5) is 9.80 Å². The van der Waals surface area contributed by atoms with Crippen molar-refractivity contribution in [2.45, 2.75) is 32.3 Å². The van der Waals surface area contributed by atoms with Gasteiger partial charge < -0.3 is 4.74 Å². The summed E-state index contributed by atoms with van der Waals surface area (Å²) in [6.07, 6.45) is 3.36. The number of carbonyl (C=O) groups is 2. The number of aryl methyl sites for hydroxylation is 1. The molecular formula is C23H20ClNO3S. The lowest BCUT2D eigenvalue weighted by Crippen LogP contribution is -2.16. The summed E-state index contributed by atoms with van der Waals surface area (Å²) in [6, 6.07) is 16.3. The quantitative estimate of drug-likeness (QED) is 0.491. The smallest absolute Gasteiger partial charge is 0.412 e. The molecule has 1 aliphatic rings. The maximum Gasteiger partial charge on any atom is 0.412 e. The van der Waals surface area contributed by atoms with E-state index in [4.69, 9.17) is 16.3 Å². The Morgan fingerprint density at radius 1 is 1.00 bits per heavy atom. The zero-order chi connectivity index (χ0) is 20.2. The highest BCUT2D eigenvalue weighted by Crippen LogP contribution is 2.39. The summed E-state index contributed by atoms with van der Waals surface area (Å²) in [7, 11) is 0. The second kappa shape index (κ2) is 8.80. The molecule has 0 fully saturated rings. The molecule has 0 atom stereocenters. The molecule has 29 heavy (non-hydrogen) atoms. The van der Waals surface area contributed by atoms with E-state index < -0.39 is 6.09 Å². The van der Waals surface area contributed by atoms with Gasteiger partial charge in [-0.3, -0.25) is 10.1 Å². The van der Waals surface area contributed by atoms with Crippen LogP contribution in [0, 0.1) is 0 Å². The van der Waals surface area contributed by atoms with Crippen LogP contribution >= 0.6 is 22.9 Å². The van der Waals surface area contributed by atoms with Gasteiger partial charge in [0, 0.05) is 15.5 Å². The van der Waals surface area contributed by atoms with Crippen molar-refractivity contribution in [2.75, 3.05) is 5.32 Å². The van der Waals surface area contributed by atoms with E-state index in [9.17, 15) is 9.59 Å². The van der Waals surface area contributed by atoms with Crippen LogP contribution in [0.25, 0.3) is 0 Å². The van der Waals surface area contributed by atoms with Gasteiger partial charge in [-0.15, -0.1) is 11.3 Å². The van der Waals surface area contributed by atoms with Crippen molar-refractivity contribution in [3.8, 4) is 0 Å². The number of ether oxygens (including phenoxy) is 1. The molecule has 3 aromatic rings. The van der Waals surface area contributed by atoms with Crippen LogP contribution in [0.1, 0.15) is 44.8 Å². The van der Waals surface area contributed by atoms with E-state index >= 15 is 0 Å². The SMILES string of the molecule is O=C(Nc1sc2c(c1C(=O)c1ccc(Cl)cc1)CCCC2)OCc1ccccc1. The highest BCUT2D eigenvalue weighted by Gasteiger charge is 2.27. The summed E-state index contributed by atoms with van der Waals surface area (Å²) in [5.41, 5.74) is 3.11. The molecule has 0 unspecified atom stereocenters. The van der Waals surface area contributed by atoms with Gasteiger partial charge in [0.2, 0.25) is 0 Å². The number of anilines is 1. The number of rotatable bonds is 5. The second-order valence-corrected chi connectivity index (χ2v) is 8.48. The third kappa shape index (κ3) is 4.52. The zero-order valence-corrected chi connectivity index (χ0v) is 17.3. The monoisotopic (exact) mass is 425 g/mol. The average molecular weight is 426 g/mol. The Kier molecular flexibility index (Phi) is 5.97. The minimum Gasteiger partial charge on any atom is -0.444 e. The number of hydrogen-bond donors (Lipinski definition) is 1. The van der Waals surface area contributed by atoms with Gasteiger partial charge in [0.15, 0.2) is 5.78 Å². The van der Waals surface area contributed by atoms with E-state index in [2.05, 4.69) is 5.32 Å². The first kappa shape index (κ1) is 19.7. The van der Waals surface area contributed by atoms with Gasteiger partial charge in [0.25, 0.3) is 0 Å². The molecule has 1 heterocycles. The summed E-state index contributed by atoms with van der Waals surface area (Å²) in [6.45, 7) is 0.179. The van der Waals surface area contributed by atoms with E-state index in [-0.39, 0.29) is 12.4 Å². The van der Waals surface area contributed by atoms with Crippen molar-refractivity contribution >= 4 is 39.8 Å². The molecule has 0 bridgehead atoms. The number of carbonyl (C=O) groups excluding carboxylic acids is 2. The van der Waals surface area contributed by atoms with E-state index in [1.54, 1.807) is 24.3 Å². The number of halogens is 1. The van der Waals surface area contributed by atoms with Crippen molar-refractivity contribution < 1.29 is 14.3 Å². The lowest BCUT2D eigenvalue weighted by molar-refractivity contribution is 0.103. The van der Waals surface area contributed by atoms with E-state index in [1.165, 1.54) is 16.2 Å². The Balaban J connectivity index is 1.57. The van der Waals surface area contributed by atoms with Gasteiger partial charge >= 0.3 is 6.09 Å². The van der Waals surface area contributed by atoms with Crippen molar-refractivity contribution in [1.82, 2.24) is 0 Å². The van der Waals surface area contributed by atoms with E-state index in [0.29, 0.717) is 21.2 Å². The molecule has 6 heteroatoms. The maximum absolute atomic E-state index is 13.2. The Morgan fingerprint density at radius 2 is 1.72 bits per heavy atom. The first-order valence-electron chi connectivity index (χ1n) is 9.54. The van der Waals surface area contributed by atoms with Gasteiger partial charge in [0.05, 0.1) is 5.56 Å². The average Bonchev–Trinajstić information content (AvgIpc) is 3.10. The predicted octanol–water partition coefficient (Wildman–Crippen LogP) is 6.26. The number of nitrogens with one attached hydrogen (secondary N) is 1. The summed E-state index contributed by atoms with van der Waals surface area (Å²) >= 11 is 7.44. The fraction of sp³-hybridized carbons (Fsp3) is 0.217. The van der Waals surface area contributed by atoms with Crippen molar-refractivity contribution in [3.05, 3.63) is 86.8 Å². The standard InChI is InChI=1S/C23H20ClNO3S/c24-17-12-10-16(11-13-17)21(26)20-18-8-4-5-9-19(18)29-22(20)25-23(27)28-14-15-6-2-1-3-7-15/h1-3,6-7,10-13H,4-5,8-9,14H2,(H,25,27). The lowest BCUT2D eigenvalue weighted by atomic mass is 9.92. The van der Waals surface area contributed by atoms with Crippen LogP contribution in [0.15, 0.2) is 54.6 Å². The van der Waals surface area contributed by atoms with Crippen molar-refractivity contribution in [2.24, 2.45) is 0 Å². The number of benzene rings is 2. The highest BCUT2D eigenvalue weighted by atomic mass is 35.5. The minimum atomic E-state index is -0.558. The Morgan fingerprint density at radius 3 is 2.48 bits per heavy atom. The zero-order valence-electron chi connectivity index (χ0n) is 15.7. The summed E-state index contributed by atoms with van der Waals surface area (Å²) in [5.74, 6) is -0.0978. The highest BCUT2D eigenvalue weighted by molar-refractivity contribution is 7.17. The molecular weight excluding hydrogens is 406 g/mol. The van der Waals surface area contributed by atoms with Gasteiger partial charge in [-0.2, -0.15) is 0 Å². The van der Waals surface area contributed by atoms with E-state index in [1.807, 2.05) is 30.3 Å². The van der Waals surface area contributed by atoms with Crippen LogP contribution in [0.5, 0.6) is 0 Å². The third-order valence-electron chi connectivity index (χ3n) is 4.93. The van der Waals surface area contributed by atoms with E-state index in [0.717, 1.165) is 36.8 Å². The molecule has 1 aromatic heterocycles. The molecule has 0 spiro atoms. The van der Waals surface area contributed by atoms with Crippen LogP contribution in [0.2, 0.25) is 5.02 Å². The van der Waals surface area contributed by atoms with Gasteiger partial charge in [-0.05, 0) is 61.1 Å². The normalized spacial score (nSPS) is 12.9. The first-order chi connectivity index (χ1) is 14.1.